The van der Waals surface area contributed by atoms with Crippen molar-refractivity contribution in [2.75, 3.05) is 6.54 Å². The molecule has 1 N–H and O–H groups in total. The molecule has 1 saturated carbocycles. The number of rotatable bonds is 5. The van der Waals surface area contributed by atoms with Gasteiger partial charge in [-0.2, -0.15) is 0 Å². The predicted octanol–water partition coefficient (Wildman–Crippen LogP) is 2.58. The lowest BCUT2D eigenvalue weighted by atomic mass is 10.1. The van der Waals surface area contributed by atoms with E-state index in [0.29, 0.717) is 23.7 Å². The summed E-state index contributed by atoms with van der Waals surface area (Å²) in [7, 11) is 0. The summed E-state index contributed by atoms with van der Waals surface area (Å²) in [4.78, 5) is 29.1. The quantitative estimate of drug-likeness (QED) is 0.845. The molecule has 1 fully saturated rings. The highest BCUT2D eigenvalue weighted by atomic mass is 16.4. The molecule has 5 nitrogen and oxygen atoms in total. The summed E-state index contributed by atoms with van der Waals surface area (Å²) in [5.41, 5.74) is 1.13. The number of carboxylic acids is 1. The lowest BCUT2D eigenvalue weighted by Gasteiger charge is -2.27. The summed E-state index contributed by atoms with van der Waals surface area (Å²) in [6.45, 7) is 2.66. The van der Waals surface area contributed by atoms with Crippen molar-refractivity contribution in [2.45, 2.75) is 38.6 Å². The van der Waals surface area contributed by atoms with Crippen LogP contribution in [-0.4, -0.2) is 39.5 Å². The van der Waals surface area contributed by atoms with Gasteiger partial charge in [-0.25, -0.2) is 4.79 Å². The first-order valence-corrected chi connectivity index (χ1v) is 7.29. The summed E-state index contributed by atoms with van der Waals surface area (Å²) in [5.74, 6) is -1.05. The standard InChI is InChI=1S/C16H20N2O3/c1-2-18(14-5-3-4-6-14)16(21)13-9-12(10-17-11-13)7-8-15(19)20/h7-11,14H,2-6H2,1H3,(H,19,20). The van der Waals surface area contributed by atoms with Crippen LogP contribution in [0.25, 0.3) is 6.08 Å². The maximum absolute atomic E-state index is 12.6. The van der Waals surface area contributed by atoms with E-state index in [1.54, 1.807) is 12.3 Å². The van der Waals surface area contributed by atoms with E-state index < -0.39 is 5.97 Å². The number of hydrogen-bond acceptors (Lipinski definition) is 3. The van der Waals surface area contributed by atoms with Crippen molar-refractivity contribution in [3.05, 3.63) is 35.7 Å². The van der Waals surface area contributed by atoms with Crippen LogP contribution in [0.15, 0.2) is 24.5 Å². The first-order chi connectivity index (χ1) is 10.1. The molecule has 1 aromatic rings. The molecular weight excluding hydrogens is 268 g/mol. The highest BCUT2D eigenvalue weighted by Gasteiger charge is 2.26. The number of carbonyl (C=O) groups is 2. The van der Waals surface area contributed by atoms with Gasteiger partial charge in [0.2, 0.25) is 0 Å². The van der Waals surface area contributed by atoms with Gasteiger partial charge in [-0.1, -0.05) is 12.8 Å². The summed E-state index contributed by atoms with van der Waals surface area (Å²) in [5, 5.41) is 8.64. The summed E-state index contributed by atoms with van der Waals surface area (Å²) in [6.07, 6.45) is 10.0. The molecule has 0 spiro atoms. The van der Waals surface area contributed by atoms with E-state index in [-0.39, 0.29) is 5.91 Å². The number of pyridine rings is 1. The number of nitrogens with zero attached hydrogens (tertiary/aromatic N) is 2. The molecule has 1 heterocycles. The van der Waals surface area contributed by atoms with Gasteiger partial charge in [0.05, 0.1) is 5.56 Å². The minimum absolute atomic E-state index is 0.0255. The molecule has 1 aliphatic rings. The van der Waals surface area contributed by atoms with Crippen molar-refractivity contribution >= 4 is 18.0 Å². The second kappa shape index (κ2) is 7.02. The Kier molecular flexibility index (Phi) is 5.09. The Morgan fingerprint density at radius 2 is 2.10 bits per heavy atom. The van der Waals surface area contributed by atoms with Crippen molar-refractivity contribution in [1.29, 1.82) is 0 Å². The number of aromatic nitrogens is 1. The molecule has 21 heavy (non-hydrogen) atoms. The number of hydrogen-bond donors (Lipinski definition) is 1. The maximum atomic E-state index is 12.6. The fourth-order valence-corrected chi connectivity index (χ4v) is 2.78. The largest absolute Gasteiger partial charge is 0.478 e. The smallest absolute Gasteiger partial charge is 0.328 e. The molecule has 1 aliphatic carbocycles. The second-order valence-electron chi connectivity index (χ2n) is 5.21. The molecule has 0 aromatic carbocycles. The molecule has 1 aromatic heterocycles. The number of carbonyl (C=O) groups excluding carboxylic acids is 1. The number of amides is 1. The van der Waals surface area contributed by atoms with E-state index in [1.807, 2.05) is 11.8 Å². The normalized spacial score (nSPS) is 15.5. The average Bonchev–Trinajstić information content (AvgIpc) is 3.00. The van der Waals surface area contributed by atoms with Crippen molar-refractivity contribution < 1.29 is 14.7 Å². The Hall–Kier alpha value is -2.17. The third-order valence-electron chi connectivity index (χ3n) is 3.79. The molecule has 1 amide bonds. The van der Waals surface area contributed by atoms with Crippen LogP contribution in [0, 0.1) is 0 Å². The molecule has 0 saturated heterocycles. The van der Waals surface area contributed by atoms with Crippen molar-refractivity contribution in [3.63, 3.8) is 0 Å². The third-order valence-corrected chi connectivity index (χ3v) is 3.79. The highest BCUT2D eigenvalue weighted by molar-refractivity contribution is 5.95. The van der Waals surface area contributed by atoms with Gasteiger partial charge >= 0.3 is 5.97 Å². The fraction of sp³-hybridized carbons (Fsp3) is 0.438. The van der Waals surface area contributed by atoms with Gasteiger partial charge in [0.25, 0.3) is 5.91 Å². The first kappa shape index (κ1) is 15.2. The fourth-order valence-electron chi connectivity index (χ4n) is 2.78. The zero-order chi connectivity index (χ0) is 15.2. The van der Waals surface area contributed by atoms with Gasteiger partial charge < -0.3 is 10.0 Å². The second-order valence-corrected chi connectivity index (χ2v) is 5.21. The van der Waals surface area contributed by atoms with E-state index in [4.69, 9.17) is 5.11 Å². The average molecular weight is 288 g/mol. The Bertz CT molecular complexity index is 548. The first-order valence-electron chi connectivity index (χ1n) is 7.29. The van der Waals surface area contributed by atoms with Crippen LogP contribution in [-0.2, 0) is 4.79 Å². The van der Waals surface area contributed by atoms with Crippen LogP contribution in [0.2, 0.25) is 0 Å². The molecule has 112 valence electrons. The van der Waals surface area contributed by atoms with Gasteiger partial charge in [-0.05, 0) is 37.5 Å². The van der Waals surface area contributed by atoms with Gasteiger partial charge in [0.1, 0.15) is 0 Å². The van der Waals surface area contributed by atoms with Crippen LogP contribution in [0.3, 0.4) is 0 Å². The van der Waals surface area contributed by atoms with E-state index in [1.165, 1.54) is 25.1 Å². The lowest BCUT2D eigenvalue weighted by Crippen LogP contribution is -2.38. The van der Waals surface area contributed by atoms with Gasteiger partial charge in [-0.3, -0.25) is 9.78 Å². The van der Waals surface area contributed by atoms with E-state index >= 15 is 0 Å². The summed E-state index contributed by atoms with van der Waals surface area (Å²) in [6, 6.07) is 2.01. The molecule has 5 heteroatoms. The summed E-state index contributed by atoms with van der Waals surface area (Å²) >= 11 is 0. The summed E-state index contributed by atoms with van der Waals surface area (Å²) < 4.78 is 0. The minimum atomic E-state index is -1.02. The molecule has 0 radical (unpaired) electrons. The van der Waals surface area contributed by atoms with Gasteiger partial charge in [-0.15, -0.1) is 0 Å². The van der Waals surface area contributed by atoms with Crippen molar-refractivity contribution in [2.24, 2.45) is 0 Å². The van der Waals surface area contributed by atoms with Crippen LogP contribution >= 0.6 is 0 Å². The van der Waals surface area contributed by atoms with E-state index in [9.17, 15) is 9.59 Å². The van der Waals surface area contributed by atoms with Gasteiger partial charge in [0.15, 0.2) is 0 Å². The SMILES string of the molecule is CCN(C(=O)c1cncc(C=CC(=O)O)c1)C1CCCC1. The zero-order valence-corrected chi connectivity index (χ0v) is 12.2. The van der Waals surface area contributed by atoms with Crippen LogP contribution < -0.4 is 0 Å². The predicted molar refractivity (Wildman–Crippen MR) is 79.9 cm³/mol. The van der Waals surface area contributed by atoms with Crippen molar-refractivity contribution in [3.8, 4) is 0 Å². The molecule has 0 bridgehead atoms. The Morgan fingerprint density at radius 1 is 1.38 bits per heavy atom. The molecule has 0 aliphatic heterocycles. The Balaban J connectivity index is 2.17. The maximum Gasteiger partial charge on any atom is 0.328 e. The minimum Gasteiger partial charge on any atom is -0.478 e. The van der Waals surface area contributed by atoms with Crippen LogP contribution in [0.5, 0.6) is 0 Å². The molecule has 2 rings (SSSR count). The van der Waals surface area contributed by atoms with E-state index in [2.05, 4.69) is 4.98 Å². The third kappa shape index (κ3) is 3.90. The van der Waals surface area contributed by atoms with Crippen LogP contribution in [0.1, 0.15) is 48.5 Å². The highest BCUT2D eigenvalue weighted by Crippen LogP contribution is 2.24. The van der Waals surface area contributed by atoms with Crippen LogP contribution in [0.4, 0.5) is 0 Å². The Morgan fingerprint density at radius 3 is 2.71 bits per heavy atom. The number of carboxylic acid groups (broad SMARTS) is 1. The molecule has 0 unspecified atom stereocenters. The number of aliphatic carboxylic acids is 1. The van der Waals surface area contributed by atoms with E-state index in [0.717, 1.165) is 18.9 Å². The topological polar surface area (TPSA) is 70.5 Å². The monoisotopic (exact) mass is 288 g/mol. The lowest BCUT2D eigenvalue weighted by molar-refractivity contribution is -0.131. The molecular formula is C16H20N2O3. The van der Waals surface area contributed by atoms with Gasteiger partial charge in [0, 0.05) is 31.1 Å². The molecule has 0 atom stereocenters. The zero-order valence-electron chi connectivity index (χ0n) is 12.2. The van der Waals surface area contributed by atoms with Crippen molar-refractivity contribution in [1.82, 2.24) is 9.88 Å². The Labute approximate surface area is 124 Å².